The Kier molecular flexibility index (Phi) is 12.5. The van der Waals surface area contributed by atoms with Crippen LogP contribution in [0, 0.1) is 12.8 Å². The molecule has 0 spiro atoms. The van der Waals surface area contributed by atoms with E-state index in [2.05, 4.69) is 26.4 Å². The van der Waals surface area contributed by atoms with Gasteiger partial charge in [-0.25, -0.2) is 0 Å². The number of fused-ring (bicyclic) bond motifs is 18. The van der Waals surface area contributed by atoms with Crippen molar-refractivity contribution in [3.05, 3.63) is 88.7 Å². The first-order valence-electron chi connectivity index (χ1n) is 16.5. The summed E-state index contributed by atoms with van der Waals surface area (Å²) in [5.41, 5.74) is 3.20. The molecule has 0 saturated carbocycles. The van der Waals surface area contributed by atoms with Crippen molar-refractivity contribution in [1.29, 1.82) is 0 Å². The standard InChI is InChI=1S/C36H47N7O5/c1-23(2)19-29-34(46)38-25(4)32(44)37-17-9-10-18-43(36(48)31-20-24(3)42(5)41-31)22-27-13-15-28(16-14-27)33(45)39-30(35(47)40-29)21-26-11-7-6-8-12-26/h6-8,11-16,20,23,25,29-30H,9-10,17-19,21-22H2,1-5H3,(H,37,44)(H,38,46)(H,39,45)(H,40,47)/t25-,29+,30-/m1/s1. The van der Waals surface area contributed by atoms with E-state index in [-0.39, 0.29) is 24.2 Å². The SMILES string of the molecule is Cc1cc(C(=O)N2CCCCNC(=O)[C@@H](C)NC(=O)[C@H](CC(C)C)NC(=O)[C@@H](Cc3ccccc3)NC(=O)c3ccc(cc3)C2)nn1C. The van der Waals surface area contributed by atoms with Crippen LogP contribution in [0.5, 0.6) is 0 Å². The third-order valence-corrected chi connectivity index (χ3v) is 8.36. The second-order valence-electron chi connectivity index (χ2n) is 12.9. The molecule has 1 aromatic heterocycles. The Hall–Kier alpha value is -5.00. The summed E-state index contributed by atoms with van der Waals surface area (Å²) in [5, 5.41) is 15.7. The molecule has 0 radical (unpaired) electrons. The number of carbonyl (C=O) groups excluding carboxylic acids is 5. The van der Waals surface area contributed by atoms with Crippen LogP contribution >= 0.6 is 0 Å². The highest BCUT2D eigenvalue weighted by molar-refractivity contribution is 5.99. The van der Waals surface area contributed by atoms with Crippen LogP contribution < -0.4 is 21.3 Å². The van der Waals surface area contributed by atoms with Gasteiger partial charge in [0.15, 0.2) is 5.69 Å². The highest BCUT2D eigenvalue weighted by atomic mass is 16.2. The van der Waals surface area contributed by atoms with Crippen LogP contribution in [0.25, 0.3) is 0 Å². The molecule has 48 heavy (non-hydrogen) atoms. The molecule has 0 aliphatic carbocycles. The van der Waals surface area contributed by atoms with E-state index in [0.717, 1.165) is 16.8 Å². The van der Waals surface area contributed by atoms with Crippen LogP contribution in [0.3, 0.4) is 0 Å². The first-order valence-corrected chi connectivity index (χ1v) is 16.5. The summed E-state index contributed by atoms with van der Waals surface area (Å²) in [7, 11) is 1.78. The van der Waals surface area contributed by atoms with E-state index >= 15 is 0 Å². The summed E-state index contributed by atoms with van der Waals surface area (Å²) in [6.45, 7) is 8.42. The molecule has 0 saturated heterocycles. The number of hydrogen-bond donors (Lipinski definition) is 4. The third kappa shape index (κ3) is 10.00. The van der Waals surface area contributed by atoms with E-state index in [9.17, 15) is 24.0 Å². The summed E-state index contributed by atoms with van der Waals surface area (Å²) in [5.74, 6) is -1.94. The Morgan fingerprint density at radius 3 is 2.23 bits per heavy atom. The molecule has 5 rings (SSSR count). The van der Waals surface area contributed by atoms with Crippen molar-refractivity contribution in [2.75, 3.05) is 13.1 Å². The Bertz CT molecular complexity index is 1570. The molecule has 3 heterocycles. The maximum absolute atomic E-state index is 13.7. The van der Waals surface area contributed by atoms with Crippen LogP contribution in [-0.4, -0.2) is 75.4 Å². The first-order chi connectivity index (χ1) is 22.9. The topological polar surface area (TPSA) is 155 Å². The minimum atomic E-state index is -0.980. The quantitative estimate of drug-likeness (QED) is 0.310. The van der Waals surface area contributed by atoms with E-state index in [1.807, 2.05) is 51.1 Å². The summed E-state index contributed by atoms with van der Waals surface area (Å²) < 4.78 is 1.65. The maximum Gasteiger partial charge on any atom is 0.274 e. The molecule has 12 nitrogen and oxygen atoms in total. The monoisotopic (exact) mass is 657 g/mol. The van der Waals surface area contributed by atoms with Gasteiger partial charge in [-0.1, -0.05) is 56.3 Å². The molecule has 2 aliphatic rings. The van der Waals surface area contributed by atoms with Crippen molar-refractivity contribution in [3.63, 3.8) is 0 Å². The minimum Gasteiger partial charge on any atom is -0.354 e. The smallest absolute Gasteiger partial charge is 0.274 e. The van der Waals surface area contributed by atoms with E-state index in [1.165, 1.54) is 0 Å². The number of benzene rings is 2. The third-order valence-electron chi connectivity index (χ3n) is 8.36. The van der Waals surface area contributed by atoms with E-state index < -0.39 is 35.8 Å². The lowest BCUT2D eigenvalue weighted by atomic mass is 10.0. The Morgan fingerprint density at radius 1 is 0.896 bits per heavy atom. The zero-order valence-corrected chi connectivity index (χ0v) is 28.4. The maximum atomic E-state index is 13.7. The van der Waals surface area contributed by atoms with Gasteiger partial charge in [-0.05, 0) is 68.4 Å². The van der Waals surface area contributed by atoms with E-state index in [1.54, 1.807) is 53.9 Å². The Morgan fingerprint density at radius 2 is 1.58 bits per heavy atom. The molecule has 2 bridgehead atoms. The molecule has 3 aromatic rings. The van der Waals surface area contributed by atoms with Gasteiger partial charge in [-0.3, -0.25) is 28.7 Å². The van der Waals surface area contributed by atoms with Gasteiger partial charge in [0.25, 0.3) is 11.8 Å². The molecule has 256 valence electrons. The fourth-order valence-corrected chi connectivity index (χ4v) is 5.51. The van der Waals surface area contributed by atoms with Crippen LogP contribution in [0.2, 0.25) is 0 Å². The molecule has 12 heteroatoms. The molecule has 0 fully saturated rings. The molecule has 0 unspecified atom stereocenters. The Labute approximate surface area is 282 Å². The molecular formula is C36H47N7O5. The van der Waals surface area contributed by atoms with Gasteiger partial charge >= 0.3 is 0 Å². The van der Waals surface area contributed by atoms with Crippen LogP contribution in [0.4, 0.5) is 0 Å². The predicted octanol–water partition coefficient (Wildman–Crippen LogP) is 2.66. The van der Waals surface area contributed by atoms with Crippen molar-refractivity contribution < 1.29 is 24.0 Å². The number of aromatic nitrogens is 2. The van der Waals surface area contributed by atoms with Crippen LogP contribution in [-0.2, 0) is 34.4 Å². The largest absolute Gasteiger partial charge is 0.354 e. The van der Waals surface area contributed by atoms with Crippen molar-refractivity contribution in [3.8, 4) is 0 Å². The van der Waals surface area contributed by atoms with Gasteiger partial charge in [0.1, 0.15) is 18.1 Å². The molecule has 5 amide bonds. The number of nitrogens with one attached hydrogen (secondary N) is 4. The number of amides is 5. The van der Waals surface area contributed by atoms with Gasteiger partial charge in [0.2, 0.25) is 17.7 Å². The summed E-state index contributed by atoms with van der Waals surface area (Å²) in [6.07, 6.45) is 1.76. The molecular weight excluding hydrogens is 610 g/mol. The highest BCUT2D eigenvalue weighted by Gasteiger charge is 2.30. The number of rotatable bonds is 5. The number of aryl methyl sites for hydroxylation is 2. The molecule has 2 aromatic carbocycles. The number of hydrogen-bond acceptors (Lipinski definition) is 6. The highest BCUT2D eigenvalue weighted by Crippen LogP contribution is 2.15. The second-order valence-corrected chi connectivity index (χ2v) is 12.9. The lowest BCUT2D eigenvalue weighted by Crippen LogP contribution is -2.57. The molecule has 3 atom stereocenters. The molecule has 2 aliphatic heterocycles. The summed E-state index contributed by atoms with van der Waals surface area (Å²) in [4.78, 5) is 68.7. The van der Waals surface area contributed by atoms with Gasteiger partial charge < -0.3 is 26.2 Å². The van der Waals surface area contributed by atoms with E-state index in [4.69, 9.17) is 0 Å². The van der Waals surface area contributed by atoms with Gasteiger partial charge in [0.05, 0.1) is 0 Å². The zero-order valence-electron chi connectivity index (χ0n) is 28.4. The first kappa shape index (κ1) is 35.8. The zero-order chi connectivity index (χ0) is 34.8. The lowest BCUT2D eigenvalue weighted by Gasteiger charge is -2.25. The average Bonchev–Trinajstić information content (AvgIpc) is 3.40. The van der Waals surface area contributed by atoms with Crippen molar-refractivity contribution in [2.24, 2.45) is 13.0 Å². The second kappa shape index (κ2) is 16.7. The Balaban J connectivity index is 1.62. The van der Waals surface area contributed by atoms with Crippen molar-refractivity contribution in [2.45, 2.75) is 78.0 Å². The minimum absolute atomic E-state index is 0.0634. The number of nitrogens with zero attached hydrogens (tertiary/aromatic N) is 3. The predicted molar refractivity (Wildman–Crippen MR) is 182 cm³/mol. The van der Waals surface area contributed by atoms with Gasteiger partial charge in [0, 0.05) is 44.4 Å². The van der Waals surface area contributed by atoms with Crippen molar-refractivity contribution >= 4 is 29.5 Å². The van der Waals surface area contributed by atoms with Crippen LogP contribution in [0.15, 0.2) is 60.7 Å². The fraction of sp³-hybridized carbons (Fsp3) is 0.444. The number of carbonyl (C=O) groups is 5. The van der Waals surface area contributed by atoms with Crippen molar-refractivity contribution in [1.82, 2.24) is 35.9 Å². The van der Waals surface area contributed by atoms with Gasteiger partial charge in [-0.2, -0.15) is 5.10 Å². The summed E-state index contributed by atoms with van der Waals surface area (Å²) >= 11 is 0. The summed E-state index contributed by atoms with van der Waals surface area (Å²) in [6, 6.07) is 15.2. The lowest BCUT2D eigenvalue weighted by molar-refractivity contribution is -0.132. The van der Waals surface area contributed by atoms with Crippen LogP contribution in [0.1, 0.15) is 77.7 Å². The normalized spacial score (nSPS) is 20.4. The van der Waals surface area contributed by atoms with Gasteiger partial charge in [-0.15, -0.1) is 0 Å². The van der Waals surface area contributed by atoms with E-state index in [0.29, 0.717) is 50.2 Å². The molecule has 4 N–H and O–H groups in total. The fourth-order valence-electron chi connectivity index (χ4n) is 5.51. The average molecular weight is 658 g/mol.